The Morgan fingerprint density at radius 1 is 1.18 bits per heavy atom. The van der Waals surface area contributed by atoms with E-state index in [4.69, 9.17) is 0 Å². The molecule has 0 fully saturated rings. The van der Waals surface area contributed by atoms with E-state index >= 15 is 0 Å². The van der Waals surface area contributed by atoms with Crippen LogP contribution in [0, 0.1) is 6.92 Å². The summed E-state index contributed by atoms with van der Waals surface area (Å²) in [5, 5.41) is 0. The Hall–Kier alpha value is 0.814. The van der Waals surface area contributed by atoms with Crippen molar-refractivity contribution in [3.8, 4) is 0 Å². The first-order valence-electron chi connectivity index (χ1n) is 4.41. The van der Waals surface area contributed by atoms with Crippen LogP contribution in [0.3, 0.4) is 0 Å². The molecule has 0 N–H and O–H groups in total. The fourth-order valence-corrected chi connectivity index (χ4v) is 3.78. The maximum atomic E-state index is 3.91. The molecule has 0 spiro atoms. The molecule has 0 heterocycles. The van der Waals surface area contributed by atoms with Crippen molar-refractivity contribution in [3.63, 3.8) is 0 Å². The van der Waals surface area contributed by atoms with E-state index in [1.54, 1.807) is 0 Å². The number of unbranched alkanes of at least 4 members (excludes halogenated alkanes) is 1. The van der Waals surface area contributed by atoms with Crippen molar-refractivity contribution in [3.05, 3.63) is 6.92 Å². The van der Waals surface area contributed by atoms with Crippen molar-refractivity contribution in [1.82, 2.24) is 0 Å². The molecule has 0 saturated carbocycles. The van der Waals surface area contributed by atoms with E-state index in [2.05, 4.69) is 26.9 Å². The SMILES string of the molecule is [CH2]CC[Si](C)(C)CCCC.[LiH]. The quantitative estimate of drug-likeness (QED) is 0.549. The Kier molecular flexibility index (Phi) is 9.73. The van der Waals surface area contributed by atoms with E-state index in [-0.39, 0.29) is 18.9 Å². The van der Waals surface area contributed by atoms with Crippen LogP contribution in [0.15, 0.2) is 0 Å². The van der Waals surface area contributed by atoms with Gasteiger partial charge in [-0.25, -0.2) is 0 Å². The van der Waals surface area contributed by atoms with Gasteiger partial charge in [-0.05, 0) is 0 Å². The third-order valence-corrected chi connectivity index (χ3v) is 5.47. The van der Waals surface area contributed by atoms with E-state index in [0.29, 0.717) is 0 Å². The standard InChI is InChI=1S/C9H21Si.Li.H/c1-5-7-9-10(3,4)8-6-2;;/h2,5-9H2,1,3-4H3;;. The first-order chi connectivity index (χ1) is 4.62. The molecule has 0 nitrogen and oxygen atoms in total. The number of rotatable bonds is 5. The van der Waals surface area contributed by atoms with E-state index in [1.807, 2.05) is 0 Å². The molecule has 0 aromatic rings. The van der Waals surface area contributed by atoms with Crippen molar-refractivity contribution in [2.45, 2.75) is 51.4 Å². The van der Waals surface area contributed by atoms with Gasteiger partial charge in [-0.1, -0.05) is 58.3 Å². The minimum absolute atomic E-state index is 0. The van der Waals surface area contributed by atoms with Gasteiger partial charge < -0.3 is 0 Å². The van der Waals surface area contributed by atoms with Crippen LogP contribution >= 0.6 is 0 Å². The van der Waals surface area contributed by atoms with Crippen LogP contribution in [0.5, 0.6) is 0 Å². The molecule has 0 aliphatic heterocycles. The van der Waals surface area contributed by atoms with Crippen LogP contribution in [-0.2, 0) is 0 Å². The zero-order valence-electron chi connectivity index (χ0n) is 7.74. The van der Waals surface area contributed by atoms with E-state index < -0.39 is 8.07 Å². The Morgan fingerprint density at radius 2 is 1.73 bits per heavy atom. The number of hydrogen-bond donors (Lipinski definition) is 0. The summed E-state index contributed by atoms with van der Waals surface area (Å²) in [7, 11) is -0.787. The van der Waals surface area contributed by atoms with Crippen molar-refractivity contribution in [2.75, 3.05) is 0 Å². The summed E-state index contributed by atoms with van der Waals surface area (Å²) in [5.41, 5.74) is 0. The van der Waals surface area contributed by atoms with Gasteiger partial charge >= 0.3 is 18.9 Å². The molecule has 0 aliphatic carbocycles. The molecular weight excluding hydrogens is 143 g/mol. The predicted molar refractivity (Wildman–Crippen MR) is 59.1 cm³/mol. The second-order valence-corrected chi connectivity index (χ2v) is 9.20. The Balaban J connectivity index is 0. The van der Waals surface area contributed by atoms with Crippen LogP contribution in [0.4, 0.5) is 0 Å². The summed E-state index contributed by atoms with van der Waals surface area (Å²) in [5.74, 6) is 0. The Morgan fingerprint density at radius 3 is 2.09 bits per heavy atom. The summed E-state index contributed by atoms with van der Waals surface area (Å²) in [6.07, 6.45) is 3.93. The first kappa shape index (κ1) is 14.3. The predicted octanol–water partition coefficient (Wildman–Crippen LogP) is 3.07. The van der Waals surface area contributed by atoms with Gasteiger partial charge in [0.25, 0.3) is 0 Å². The molecule has 2 heteroatoms. The molecule has 0 saturated heterocycles. The summed E-state index contributed by atoms with van der Waals surface area (Å²) in [6, 6.07) is 2.91. The van der Waals surface area contributed by atoms with Gasteiger partial charge in [-0.3, -0.25) is 0 Å². The molecule has 1 radical (unpaired) electrons. The molecule has 0 aromatic heterocycles. The van der Waals surface area contributed by atoms with Gasteiger partial charge in [0.15, 0.2) is 0 Å². The monoisotopic (exact) mass is 165 g/mol. The molecule has 0 aromatic carbocycles. The van der Waals surface area contributed by atoms with Gasteiger partial charge in [0.2, 0.25) is 0 Å². The van der Waals surface area contributed by atoms with Crippen LogP contribution in [-0.4, -0.2) is 26.9 Å². The molecule has 0 amide bonds. The van der Waals surface area contributed by atoms with Gasteiger partial charge in [0.1, 0.15) is 0 Å². The average Bonchev–Trinajstić information content (AvgIpc) is 1.84. The normalized spacial score (nSPS) is 10.9. The van der Waals surface area contributed by atoms with Crippen LogP contribution in [0.1, 0.15) is 26.2 Å². The zero-order valence-corrected chi connectivity index (χ0v) is 8.74. The summed E-state index contributed by atoms with van der Waals surface area (Å²) < 4.78 is 0. The molecule has 0 aliphatic rings. The molecule has 0 rings (SSSR count). The third kappa shape index (κ3) is 8.72. The number of hydrogen-bond acceptors (Lipinski definition) is 0. The van der Waals surface area contributed by atoms with Gasteiger partial charge in [0, 0.05) is 8.07 Å². The third-order valence-electron chi connectivity index (χ3n) is 2.06. The average molecular weight is 165 g/mol. The molecule has 0 bridgehead atoms. The van der Waals surface area contributed by atoms with Crippen molar-refractivity contribution < 1.29 is 0 Å². The second kappa shape index (κ2) is 7.46. The van der Waals surface area contributed by atoms with E-state index in [0.717, 1.165) is 6.42 Å². The van der Waals surface area contributed by atoms with Crippen LogP contribution in [0.25, 0.3) is 0 Å². The maximum absolute atomic E-state index is 3.91. The summed E-state index contributed by atoms with van der Waals surface area (Å²) in [4.78, 5) is 0. The fraction of sp³-hybridized carbons (Fsp3) is 0.889. The fourth-order valence-electron chi connectivity index (χ4n) is 1.26. The molecule has 63 valence electrons. The minimum atomic E-state index is -0.787. The van der Waals surface area contributed by atoms with Crippen LogP contribution < -0.4 is 0 Å². The van der Waals surface area contributed by atoms with Crippen molar-refractivity contribution in [1.29, 1.82) is 0 Å². The summed E-state index contributed by atoms with van der Waals surface area (Å²) in [6.45, 7) is 11.1. The van der Waals surface area contributed by atoms with E-state index in [1.165, 1.54) is 24.9 Å². The second-order valence-electron chi connectivity index (χ2n) is 3.87. The van der Waals surface area contributed by atoms with Crippen molar-refractivity contribution in [2.24, 2.45) is 0 Å². The van der Waals surface area contributed by atoms with Crippen LogP contribution in [0.2, 0.25) is 25.2 Å². The van der Waals surface area contributed by atoms with Gasteiger partial charge in [-0.15, -0.1) is 0 Å². The van der Waals surface area contributed by atoms with Crippen molar-refractivity contribution >= 4 is 26.9 Å². The Bertz CT molecular complexity index is 81.6. The molecule has 0 unspecified atom stereocenters. The van der Waals surface area contributed by atoms with E-state index in [9.17, 15) is 0 Å². The summed E-state index contributed by atoms with van der Waals surface area (Å²) >= 11 is 0. The Labute approximate surface area is 85.3 Å². The molecular formula is C9H22LiSi. The van der Waals surface area contributed by atoms with Gasteiger partial charge in [-0.2, -0.15) is 0 Å². The molecule has 0 atom stereocenters. The topological polar surface area (TPSA) is 0 Å². The first-order valence-corrected chi connectivity index (χ1v) is 7.83. The molecule has 11 heavy (non-hydrogen) atoms. The zero-order chi connectivity index (χ0) is 8.04. The van der Waals surface area contributed by atoms with Gasteiger partial charge in [0.05, 0.1) is 0 Å².